The van der Waals surface area contributed by atoms with Gasteiger partial charge in [0.2, 0.25) is 0 Å². The maximum atomic E-state index is 13.3. The highest BCUT2D eigenvalue weighted by molar-refractivity contribution is 7.13. The Labute approximate surface area is 238 Å². The summed E-state index contributed by atoms with van der Waals surface area (Å²) in [6, 6.07) is 17.7. The van der Waals surface area contributed by atoms with Crippen LogP contribution in [-0.2, 0) is 13.2 Å². The van der Waals surface area contributed by atoms with Crippen molar-refractivity contribution in [2.45, 2.75) is 13.1 Å². The number of aromatic nitrogens is 5. The van der Waals surface area contributed by atoms with Crippen molar-refractivity contribution in [2.24, 2.45) is 7.05 Å². The lowest BCUT2D eigenvalue weighted by Gasteiger charge is -2.14. The molecule has 0 unspecified atom stereocenters. The van der Waals surface area contributed by atoms with Crippen LogP contribution in [0.1, 0.15) is 16.1 Å². The molecule has 0 aliphatic carbocycles. The normalized spacial score (nSPS) is 11.8. The van der Waals surface area contributed by atoms with Gasteiger partial charge < -0.3 is 4.74 Å². The zero-order valence-corrected chi connectivity index (χ0v) is 22.9. The molecule has 3 aromatic carbocycles. The van der Waals surface area contributed by atoms with Crippen molar-refractivity contribution in [3.8, 4) is 22.7 Å². The molecule has 0 aliphatic heterocycles. The number of halogens is 3. The molecule has 6 aromatic rings. The van der Waals surface area contributed by atoms with Gasteiger partial charge >= 0.3 is 11.9 Å². The van der Waals surface area contributed by atoms with Gasteiger partial charge in [-0.15, -0.1) is 0 Å². The lowest BCUT2D eigenvalue weighted by atomic mass is 10.0. The summed E-state index contributed by atoms with van der Waals surface area (Å²) in [4.78, 5) is 42.4. The number of aryl methyl sites for hydroxylation is 1. The topological polar surface area (TPSA) is 101 Å². The van der Waals surface area contributed by atoms with Crippen LogP contribution in [0.3, 0.4) is 0 Å². The van der Waals surface area contributed by atoms with E-state index >= 15 is 0 Å². The first-order chi connectivity index (χ1) is 20.0. The number of hydrogen-bond acceptors (Lipinski definition) is 7. The number of ether oxygens (including phenoxy) is 1. The number of alkyl halides is 3. The van der Waals surface area contributed by atoms with Crippen LogP contribution in [0.2, 0.25) is 0 Å². The highest BCUT2D eigenvalue weighted by Gasteiger charge is 2.35. The first-order valence-electron chi connectivity index (χ1n) is 12.5. The first kappa shape index (κ1) is 27.1. The Hall–Kier alpha value is -5.04. The van der Waals surface area contributed by atoms with Gasteiger partial charge in [0.15, 0.2) is 6.61 Å². The van der Waals surface area contributed by atoms with Crippen molar-refractivity contribution in [1.29, 1.82) is 0 Å². The fourth-order valence-electron chi connectivity index (χ4n) is 4.73. The number of imidazole rings is 1. The molecule has 0 N–H and O–H groups in total. The lowest BCUT2D eigenvalue weighted by Crippen LogP contribution is -2.40. The Morgan fingerprint density at radius 2 is 1.81 bits per heavy atom. The molecule has 13 heteroatoms. The number of carbonyl (C=O) groups is 1. The predicted molar refractivity (Wildman–Crippen MR) is 151 cm³/mol. The van der Waals surface area contributed by atoms with Crippen molar-refractivity contribution in [1.82, 2.24) is 23.1 Å². The first-order valence-corrected chi connectivity index (χ1v) is 13.3. The fourth-order valence-corrected chi connectivity index (χ4v) is 5.51. The van der Waals surface area contributed by atoms with Gasteiger partial charge in [0, 0.05) is 24.1 Å². The maximum Gasteiger partial charge on any atom is 0.431 e. The molecule has 0 saturated carbocycles. The largest absolute Gasteiger partial charge is 0.483 e. The SMILES string of the molecule is Cc1cc(-c2nsc3ccc(-n4c(=O)cc(C(F)(F)F)n(C)c4=O)cc23)ccc1OCC(=O)n1cnc2ccccc21. The average Bonchev–Trinajstić information content (AvgIpc) is 3.58. The molecule has 0 atom stereocenters. The van der Waals surface area contributed by atoms with Crippen LogP contribution in [0.4, 0.5) is 13.2 Å². The van der Waals surface area contributed by atoms with Gasteiger partial charge in [0.05, 0.1) is 27.1 Å². The number of benzene rings is 3. The molecule has 0 amide bonds. The van der Waals surface area contributed by atoms with E-state index in [1.165, 1.54) is 28.5 Å². The van der Waals surface area contributed by atoms with E-state index in [9.17, 15) is 27.6 Å². The molecule has 0 aliphatic rings. The number of fused-ring (bicyclic) bond motifs is 2. The maximum absolute atomic E-state index is 13.3. The van der Waals surface area contributed by atoms with Gasteiger partial charge in [0.25, 0.3) is 11.5 Å². The van der Waals surface area contributed by atoms with Gasteiger partial charge in [-0.25, -0.2) is 14.3 Å². The number of nitrogens with zero attached hydrogens (tertiary/aromatic N) is 5. The summed E-state index contributed by atoms with van der Waals surface area (Å²) in [6.07, 6.45) is -3.39. The quantitative estimate of drug-likeness (QED) is 0.273. The van der Waals surface area contributed by atoms with E-state index in [0.717, 1.165) is 17.3 Å². The molecular formula is C29H20F3N5O4S. The van der Waals surface area contributed by atoms with Crippen LogP contribution < -0.4 is 16.0 Å². The minimum atomic E-state index is -4.85. The third-order valence-corrected chi connectivity index (χ3v) is 7.67. The van der Waals surface area contributed by atoms with Crippen molar-refractivity contribution in [2.75, 3.05) is 6.61 Å². The van der Waals surface area contributed by atoms with E-state index in [2.05, 4.69) is 9.36 Å². The van der Waals surface area contributed by atoms with E-state index in [0.29, 0.717) is 48.6 Å². The van der Waals surface area contributed by atoms with Crippen LogP contribution in [0.5, 0.6) is 5.75 Å². The Morgan fingerprint density at radius 1 is 1.02 bits per heavy atom. The predicted octanol–water partition coefficient (Wildman–Crippen LogP) is 5.21. The minimum Gasteiger partial charge on any atom is -0.483 e. The molecule has 42 heavy (non-hydrogen) atoms. The minimum absolute atomic E-state index is 0.116. The van der Waals surface area contributed by atoms with Crippen molar-refractivity contribution >= 4 is 38.6 Å². The second kappa shape index (κ2) is 10.1. The molecule has 0 spiro atoms. The zero-order valence-electron chi connectivity index (χ0n) is 22.0. The average molecular weight is 592 g/mol. The van der Waals surface area contributed by atoms with Crippen LogP contribution >= 0.6 is 11.5 Å². The van der Waals surface area contributed by atoms with Crippen LogP contribution in [0, 0.1) is 6.92 Å². The summed E-state index contributed by atoms with van der Waals surface area (Å²) in [5.74, 6) is 0.214. The molecular weight excluding hydrogens is 571 g/mol. The zero-order chi connectivity index (χ0) is 29.8. The van der Waals surface area contributed by atoms with Gasteiger partial charge in [-0.1, -0.05) is 12.1 Å². The van der Waals surface area contributed by atoms with Gasteiger partial charge in [-0.05, 0) is 72.6 Å². The number of hydrogen-bond donors (Lipinski definition) is 0. The highest BCUT2D eigenvalue weighted by atomic mass is 32.1. The van der Waals surface area contributed by atoms with Crippen molar-refractivity contribution in [3.63, 3.8) is 0 Å². The number of carbonyl (C=O) groups excluding carboxylic acids is 1. The smallest absolute Gasteiger partial charge is 0.431 e. The molecule has 0 bridgehead atoms. The summed E-state index contributed by atoms with van der Waals surface area (Å²) in [6.45, 7) is 1.61. The lowest BCUT2D eigenvalue weighted by molar-refractivity contribution is -0.144. The van der Waals surface area contributed by atoms with E-state index in [4.69, 9.17) is 4.74 Å². The summed E-state index contributed by atoms with van der Waals surface area (Å²) in [7, 11) is 0.967. The molecule has 0 saturated heterocycles. The Kier molecular flexibility index (Phi) is 6.53. The molecule has 6 rings (SSSR count). The fraction of sp³-hybridized carbons (Fsp3) is 0.138. The van der Waals surface area contributed by atoms with Crippen molar-refractivity contribution < 1.29 is 22.7 Å². The third kappa shape index (κ3) is 4.67. The highest BCUT2D eigenvalue weighted by Crippen LogP contribution is 2.34. The molecule has 9 nitrogen and oxygen atoms in total. The van der Waals surface area contributed by atoms with Crippen LogP contribution in [0.15, 0.2) is 82.6 Å². The third-order valence-electron chi connectivity index (χ3n) is 6.84. The summed E-state index contributed by atoms with van der Waals surface area (Å²) in [5.41, 5.74) is -0.0263. The summed E-state index contributed by atoms with van der Waals surface area (Å²) >= 11 is 1.20. The van der Waals surface area contributed by atoms with E-state index in [-0.39, 0.29) is 18.2 Å². The van der Waals surface area contributed by atoms with Crippen molar-refractivity contribution in [3.05, 3.63) is 105 Å². The van der Waals surface area contributed by atoms with Crippen LogP contribution in [0.25, 0.3) is 38.1 Å². The van der Waals surface area contributed by atoms with Gasteiger partial charge in [-0.3, -0.25) is 18.7 Å². The van der Waals surface area contributed by atoms with E-state index in [1.807, 2.05) is 31.2 Å². The van der Waals surface area contributed by atoms with Gasteiger partial charge in [0.1, 0.15) is 17.8 Å². The second-order valence-electron chi connectivity index (χ2n) is 9.52. The second-order valence-corrected chi connectivity index (χ2v) is 10.3. The molecule has 0 radical (unpaired) electrons. The number of rotatable bonds is 5. The Balaban J connectivity index is 1.30. The molecule has 3 aromatic heterocycles. The molecule has 0 fully saturated rings. The standard InChI is InChI=1S/C29H20F3N5O4S/c1-16-11-17(7-9-22(16)41-14-26(39)36-15-33-20-5-3-4-6-21(20)36)27-19-12-18(8-10-23(19)42-34-27)37-25(38)13-24(29(30,31)32)35(2)28(37)40/h3-13,15H,14H2,1-2H3. The summed E-state index contributed by atoms with van der Waals surface area (Å²) in [5, 5.41) is 0.613. The van der Waals surface area contributed by atoms with E-state index in [1.54, 1.807) is 30.3 Å². The van der Waals surface area contributed by atoms with Gasteiger partial charge in [-0.2, -0.15) is 17.5 Å². The van der Waals surface area contributed by atoms with E-state index < -0.39 is 23.1 Å². The summed E-state index contributed by atoms with van der Waals surface area (Å²) < 4.78 is 53.5. The monoisotopic (exact) mass is 591 g/mol. The molecule has 3 heterocycles. The Morgan fingerprint density at radius 3 is 2.57 bits per heavy atom. The Bertz CT molecular complexity index is 2140. The molecule has 212 valence electrons. The number of para-hydroxylation sites is 2. The van der Waals surface area contributed by atoms with Crippen LogP contribution in [-0.4, -0.2) is 35.6 Å².